The molecule has 7 heteroatoms. The lowest BCUT2D eigenvalue weighted by atomic mass is 9.96. The highest BCUT2D eigenvalue weighted by Crippen LogP contribution is 2.33. The number of thioether (sulfide) groups is 1. The molecule has 6 nitrogen and oxygen atoms in total. The number of hydrogen-bond donors (Lipinski definition) is 3. The Kier molecular flexibility index (Phi) is 8.71. The summed E-state index contributed by atoms with van der Waals surface area (Å²) in [7, 11) is 0. The number of carbonyl (C=O) groups is 1. The van der Waals surface area contributed by atoms with Crippen molar-refractivity contribution in [3.05, 3.63) is 60.4 Å². The van der Waals surface area contributed by atoms with Gasteiger partial charge in [0.05, 0.1) is 12.1 Å². The first kappa shape index (κ1) is 24.7. The first-order valence-electron chi connectivity index (χ1n) is 11.3. The molecule has 1 aliphatic heterocycles. The van der Waals surface area contributed by atoms with E-state index in [4.69, 9.17) is 5.73 Å². The molecule has 0 saturated carbocycles. The van der Waals surface area contributed by atoms with Crippen molar-refractivity contribution in [1.82, 2.24) is 15.2 Å². The van der Waals surface area contributed by atoms with Crippen LogP contribution in [-0.2, 0) is 11.2 Å². The number of aliphatic hydroxyl groups is 1. The van der Waals surface area contributed by atoms with Gasteiger partial charge in [0.2, 0.25) is 5.91 Å². The van der Waals surface area contributed by atoms with Gasteiger partial charge in [-0.3, -0.25) is 14.7 Å². The van der Waals surface area contributed by atoms with E-state index in [1.54, 1.807) is 24.2 Å². The minimum Gasteiger partial charge on any atom is -0.390 e. The number of benzene rings is 1. The number of likely N-dealkylation sites (tertiary alicyclic amines) is 1. The normalized spacial score (nSPS) is 21.7. The molecule has 1 aromatic heterocycles. The molecule has 1 aliphatic rings. The standard InChI is InChI=1S/C25H36N4O2S/c1-25(2,3)28-24(31)22-16-20(32-19-9-12-27-13-10-19)11-14-29(22)17-23(30)21(26)15-18-7-5-4-6-8-18/h4-10,12-13,20-23,30H,11,14-17,26H2,1-3H3,(H,28,31)/t20-,21+,22+,23-/m1/s1. The fourth-order valence-electron chi connectivity index (χ4n) is 4.04. The molecule has 1 fully saturated rings. The van der Waals surface area contributed by atoms with E-state index < -0.39 is 6.10 Å². The average molecular weight is 457 g/mol. The highest BCUT2D eigenvalue weighted by Gasteiger charge is 2.36. The predicted molar refractivity (Wildman–Crippen MR) is 131 cm³/mol. The summed E-state index contributed by atoms with van der Waals surface area (Å²) in [5.41, 5.74) is 7.13. The number of carbonyl (C=O) groups excluding carboxylic acids is 1. The Hall–Kier alpha value is -1.93. The Labute approximate surface area is 196 Å². The zero-order chi connectivity index (χ0) is 23.1. The number of nitrogens with two attached hydrogens (primary N) is 1. The zero-order valence-electron chi connectivity index (χ0n) is 19.3. The van der Waals surface area contributed by atoms with E-state index in [1.165, 1.54) is 4.90 Å². The first-order valence-corrected chi connectivity index (χ1v) is 12.2. The van der Waals surface area contributed by atoms with Crippen molar-refractivity contribution in [1.29, 1.82) is 0 Å². The summed E-state index contributed by atoms with van der Waals surface area (Å²) in [5.74, 6) is 0.0151. The van der Waals surface area contributed by atoms with Crippen LogP contribution in [0.4, 0.5) is 0 Å². The van der Waals surface area contributed by atoms with Crippen LogP contribution in [0.1, 0.15) is 39.2 Å². The van der Waals surface area contributed by atoms with Crippen LogP contribution < -0.4 is 11.1 Å². The molecule has 4 N–H and O–H groups in total. The van der Waals surface area contributed by atoms with Crippen LogP contribution in [0.25, 0.3) is 0 Å². The molecule has 2 heterocycles. The van der Waals surface area contributed by atoms with Gasteiger partial charge < -0.3 is 16.2 Å². The van der Waals surface area contributed by atoms with Crippen LogP contribution in [-0.4, -0.2) is 63.0 Å². The molecular formula is C25H36N4O2S. The predicted octanol–water partition coefficient (Wildman–Crippen LogP) is 2.85. The van der Waals surface area contributed by atoms with Gasteiger partial charge in [0, 0.05) is 47.2 Å². The topological polar surface area (TPSA) is 91.5 Å². The molecule has 1 aromatic carbocycles. The largest absolute Gasteiger partial charge is 0.390 e. The van der Waals surface area contributed by atoms with Crippen LogP contribution in [0, 0.1) is 0 Å². The molecule has 1 amide bonds. The van der Waals surface area contributed by atoms with Crippen molar-refractivity contribution >= 4 is 17.7 Å². The van der Waals surface area contributed by atoms with Crippen LogP contribution in [0.2, 0.25) is 0 Å². The molecular weight excluding hydrogens is 420 g/mol. The summed E-state index contributed by atoms with van der Waals surface area (Å²) in [6.07, 6.45) is 5.18. The van der Waals surface area contributed by atoms with Crippen molar-refractivity contribution in [2.45, 2.75) is 73.9 Å². The molecule has 3 rings (SSSR count). The third-order valence-corrected chi connectivity index (χ3v) is 6.95. The second-order valence-electron chi connectivity index (χ2n) is 9.62. The molecule has 0 unspecified atom stereocenters. The Balaban J connectivity index is 1.66. The van der Waals surface area contributed by atoms with Crippen molar-refractivity contribution in [2.24, 2.45) is 5.73 Å². The second-order valence-corrected chi connectivity index (χ2v) is 11.0. The van der Waals surface area contributed by atoms with Crippen LogP contribution >= 0.6 is 11.8 Å². The van der Waals surface area contributed by atoms with E-state index in [9.17, 15) is 9.90 Å². The van der Waals surface area contributed by atoms with E-state index in [1.807, 2.05) is 63.2 Å². The Bertz CT molecular complexity index is 844. The van der Waals surface area contributed by atoms with Gasteiger partial charge in [-0.05, 0) is 57.7 Å². The molecule has 174 valence electrons. The fourth-order valence-corrected chi connectivity index (χ4v) is 5.21. The summed E-state index contributed by atoms with van der Waals surface area (Å²) in [4.78, 5) is 20.5. The number of pyridine rings is 1. The van der Waals surface area contributed by atoms with Crippen molar-refractivity contribution < 1.29 is 9.90 Å². The third kappa shape index (κ3) is 7.59. The Morgan fingerprint density at radius 2 is 1.94 bits per heavy atom. The number of amides is 1. The summed E-state index contributed by atoms with van der Waals surface area (Å²) < 4.78 is 0. The van der Waals surface area contributed by atoms with Gasteiger partial charge >= 0.3 is 0 Å². The molecule has 0 radical (unpaired) electrons. The summed E-state index contributed by atoms with van der Waals surface area (Å²) in [6, 6.07) is 13.3. The summed E-state index contributed by atoms with van der Waals surface area (Å²) in [5, 5.41) is 14.3. The maximum absolute atomic E-state index is 13.2. The molecule has 1 saturated heterocycles. The summed E-state index contributed by atoms with van der Waals surface area (Å²) in [6.45, 7) is 7.12. The van der Waals surface area contributed by atoms with E-state index in [0.717, 1.165) is 24.9 Å². The second kappa shape index (κ2) is 11.3. The van der Waals surface area contributed by atoms with E-state index >= 15 is 0 Å². The monoisotopic (exact) mass is 456 g/mol. The summed E-state index contributed by atoms with van der Waals surface area (Å²) >= 11 is 1.80. The Morgan fingerprint density at radius 3 is 2.59 bits per heavy atom. The number of nitrogens with zero attached hydrogens (tertiary/aromatic N) is 2. The minimum absolute atomic E-state index is 0.0151. The van der Waals surface area contributed by atoms with E-state index in [0.29, 0.717) is 18.2 Å². The lowest BCUT2D eigenvalue weighted by Gasteiger charge is -2.41. The highest BCUT2D eigenvalue weighted by atomic mass is 32.2. The van der Waals surface area contributed by atoms with Gasteiger partial charge in [-0.2, -0.15) is 0 Å². The zero-order valence-corrected chi connectivity index (χ0v) is 20.1. The van der Waals surface area contributed by atoms with Crippen molar-refractivity contribution in [2.75, 3.05) is 13.1 Å². The van der Waals surface area contributed by atoms with Gasteiger partial charge in [-0.1, -0.05) is 30.3 Å². The number of β-amino-alcohol motifs (C(OH)–C–C–N with tert-alkyl or cyclic N) is 1. The average Bonchev–Trinajstić information content (AvgIpc) is 2.75. The molecule has 2 aromatic rings. The number of aliphatic hydroxyl groups excluding tert-OH is 1. The minimum atomic E-state index is -0.704. The highest BCUT2D eigenvalue weighted by molar-refractivity contribution is 8.00. The number of nitrogens with one attached hydrogen (secondary N) is 1. The number of aromatic nitrogens is 1. The molecule has 0 aliphatic carbocycles. The van der Waals surface area contributed by atoms with Gasteiger partial charge in [-0.25, -0.2) is 0 Å². The number of rotatable bonds is 8. The third-order valence-electron chi connectivity index (χ3n) is 5.65. The lowest BCUT2D eigenvalue weighted by Crippen LogP contribution is -2.58. The van der Waals surface area contributed by atoms with Gasteiger partial charge in [0.25, 0.3) is 0 Å². The Morgan fingerprint density at radius 1 is 1.25 bits per heavy atom. The fraction of sp³-hybridized carbons (Fsp3) is 0.520. The molecule has 0 spiro atoms. The maximum Gasteiger partial charge on any atom is 0.237 e. The number of piperidine rings is 1. The maximum atomic E-state index is 13.2. The van der Waals surface area contributed by atoms with Gasteiger partial charge in [0.1, 0.15) is 0 Å². The molecule has 32 heavy (non-hydrogen) atoms. The first-order chi connectivity index (χ1) is 15.2. The van der Waals surface area contributed by atoms with Crippen LogP contribution in [0.5, 0.6) is 0 Å². The molecule has 4 atom stereocenters. The van der Waals surface area contributed by atoms with Crippen LogP contribution in [0.15, 0.2) is 59.8 Å². The molecule has 0 bridgehead atoms. The van der Waals surface area contributed by atoms with Crippen molar-refractivity contribution in [3.63, 3.8) is 0 Å². The number of hydrogen-bond acceptors (Lipinski definition) is 6. The van der Waals surface area contributed by atoms with Gasteiger partial charge in [0.15, 0.2) is 0 Å². The quantitative estimate of drug-likeness (QED) is 0.566. The smallest absolute Gasteiger partial charge is 0.237 e. The lowest BCUT2D eigenvalue weighted by molar-refractivity contribution is -0.129. The SMILES string of the molecule is CC(C)(C)NC(=O)[C@@H]1C[C@H](Sc2ccncc2)CCN1C[C@@H](O)[C@@H](N)Cc1ccccc1. The van der Waals surface area contributed by atoms with E-state index in [2.05, 4.69) is 15.2 Å². The van der Waals surface area contributed by atoms with E-state index in [-0.39, 0.29) is 23.5 Å². The van der Waals surface area contributed by atoms with Gasteiger partial charge in [-0.15, -0.1) is 11.8 Å². The van der Waals surface area contributed by atoms with Crippen LogP contribution in [0.3, 0.4) is 0 Å². The van der Waals surface area contributed by atoms with Crippen molar-refractivity contribution in [3.8, 4) is 0 Å².